The summed E-state index contributed by atoms with van der Waals surface area (Å²) < 4.78 is 25.3. The monoisotopic (exact) mass is 490 g/mol. The Balaban J connectivity index is 1.47. The average molecular weight is 490 g/mol. The van der Waals surface area contributed by atoms with Crippen molar-refractivity contribution >= 4 is 22.8 Å². The number of carboxylic acid groups (broad SMARTS) is 1. The van der Waals surface area contributed by atoms with E-state index in [1.54, 1.807) is 12.1 Å². The summed E-state index contributed by atoms with van der Waals surface area (Å²) in [6.45, 7) is 0.247. The number of carboxylic acids is 1. The van der Waals surface area contributed by atoms with Gasteiger partial charge in [-0.25, -0.2) is 9.18 Å². The highest BCUT2D eigenvalue weighted by Gasteiger charge is 2.25. The van der Waals surface area contributed by atoms with Crippen LogP contribution in [0.3, 0.4) is 0 Å². The molecule has 4 N–H and O–H groups in total. The third-order valence-corrected chi connectivity index (χ3v) is 6.11. The predicted octanol–water partition coefficient (Wildman–Crippen LogP) is 3.78. The van der Waals surface area contributed by atoms with E-state index in [-0.39, 0.29) is 31.1 Å². The number of aromatic amines is 1. The summed E-state index contributed by atoms with van der Waals surface area (Å²) in [4.78, 5) is 28.0. The second-order valence-electron chi connectivity index (χ2n) is 8.46. The third kappa shape index (κ3) is 4.48. The van der Waals surface area contributed by atoms with Crippen molar-refractivity contribution in [3.05, 3.63) is 83.3 Å². The second kappa shape index (κ2) is 9.71. The van der Waals surface area contributed by atoms with Crippen molar-refractivity contribution in [1.82, 2.24) is 10.3 Å². The number of aromatic nitrogens is 1. The van der Waals surface area contributed by atoms with Crippen LogP contribution in [0.1, 0.15) is 26.3 Å². The minimum Gasteiger partial charge on any atom is -0.486 e. The summed E-state index contributed by atoms with van der Waals surface area (Å²) in [5.74, 6) is -2.16. The highest BCUT2D eigenvalue weighted by Crippen LogP contribution is 2.39. The van der Waals surface area contributed by atoms with E-state index >= 15 is 0 Å². The van der Waals surface area contributed by atoms with Gasteiger partial charge < -0.3 is 30.0 Å². The van der Waals surface area contributed by atoms with E-state index in [9.17, 15) is 24.2 Å². The number of rotatable bonds is 7. The van der Waals surface area contributed by atoms with Crippen LogP contribution >= 0.6 is 0 Å². The molecule has 1 atom stereocenters. The first kappa shape index (κ1) is 23.4. The Morgan fingerprint density at radius 1 is 1.03 bits per heavy atom. The number of ether oxygens (including phenoxy) is 2. The summed E-state index contributed by atoms with van der Waals surface area (Å²) in [6, 6.07) is 14.1. The number of aliphatic hydroxyl groups excluding tert-OH is 1. The molecular formula is C27H23FN2O6. The number of hydrogen-bond donors (Lipinski definition) is 4. The molecule has 0 aliphatic carbocycles. The van der Waals surface area contributed by atoms with Crippen molar-refractivity contribution in [1.29, 1.82) is 0 Å². The first-order valence-corrected chi connectivity index (χ1v) is 11.4. The van der Waals surface area contributed by atoms with Gasteiger partial charge in [0.15, 0.2) is 11.5 Å². The van der Waals surface area contributed by atoms with Crippen LogP contribution in [0.15, 0.2) is 60.8 Å². The lowest BCUT2D eigenvalue weighted by atomic mass is 9.98. The molecule has 0 bridgehead atoms. The van der Waals surface area contributed by atoms with Gasteiger partial charge in [-0.05, 0) is 53.4 Å². The molecule has 0 spiro atoms. The van der Waals surface area contributed by atoms with Gasteiger partial charge in [-0.2, -0.15) is 0 Å². The first-order valence-electron chi connectivity index (χ1n) is 11.4. The summed E-state index contributed by atoms with van der Waals surface area (Å²) in [5, 5.41) is 23.2. The van der Waals surface area contributed by atoms with E-state index in [2.05, 4.69) is 10.3 Å². The number of carbonyl (C=O) groups excluding carboxylic acids is 1. The highest BCUT2D eigenvalue weighted by molar-refractivity contribution is 6.00. The molecule has 8 nitrogen and oxygen atoms in total. The Kier molecular flexibility index (Phi) is 6.30. The number of fused-ring (bicyclic) bond motifs is 2. The highest BCUT2D eigenvalue weighted by atomic mass is 19.1. The van der Waals surface area contributed by atoms with Gasteiger partial charge in [0, 0.05) is 17.1 Å². The average Bonchev–Trinajstić information content (AvgIpc) is 3.30. The van der Waals surface area contributed by atoms with Crippen LogP contribution in [0.2, 0.25) is 0 Å². The van der Waals surface area contributed by atoms with E-state index in [1.807, 2.05) is 30.5 Å². The molecule has 5 rings (SSSR count). The fraction of sp³-hybridized carbons (Fsp3) is 0.185. The number of hydrogen-bond acceptors (Lipinski definition) is 5. The standard InChI is InChI=1S/C27H23FN2O6/c28-22-6-5-15(10-20(22)27(33)34)16-11-21(25-24(12-16)35-7-8-36-25)26(32)30-18(14-31)9-17-13-29-23-4-2-1-3-19(17)23/h1-6,10-13,18,29,31H,7-9,14H2,(H,30,32)(H,33,34)/t18-/m1/s1. The van der Waals surface area contributed by atoms with Crippen LogP contribution in [0, 0.1) is 5.82 Å². The molecule has 1 aliphatic rings. The molecule has 3 aromatic carbocycles. The van der Waals surface area contributed by atoms with Gasteiger partial charge in [0.05, 0.1) is 23.8 Å². The van der Waals surface area contributed by atoms with Crippen LogP contribution in [-0.2, 0) is 6.42 Å². The molecule has 0 unspecified atom stereocenters. The Morgan fingerprint density at radius 3 is 2.61 bits per heavy atom. The van der Waals surface area contributed by atoms with Crippen molar-refractivity contribution in [2.45, 2.75) is 12.5 Å². The number of aliphatic hydroxyl groups is 1. The number of aromatic carboxylic acids is 1. The van der Waals surface area contributed by atoms with Crippen molar-refractivity contribution < 1.29 is 33.7 Å². The summed E-state index contributed by atoms with van der Waals surface area (Å²) >= 11 is 0. The third-order valence-electron chi connectivity index (χ3n) is 6.11. The van der Waals surface area contributed by atoms with Crippen LogP contribution in [-0.4, -0.2) is 52.9 Å². The Hall–Kier alpha value is -4.37. The molecule has 0 fully saturated rings. The van der Waals surface area contributed by atoms with E-state index in [0.717, 1.165) is 22.5 Å². The molecule has 184 valence electrons. The number of carbonyl (C=O) groups is 2. The van der Waals surface area contributed by atoms with Crippen molar-refractivity contribution in [3.8, 4) is 22.6 Å². The smallest absolute Gasteiger partial charge is 0.338 e. The lowest BCUT2D eigenvalue weighted by Crippen LogP contribution is -2.39. The zero-order chi connectivity index (χ0) is 25.2. The maximum Gasteiger partial charge on any atom is 0.338 e. The Bertz CT molecular complexity index is 1460. The summed E-state index contributed by atoms with van der Waals surface area (Å²) in [5.41, 5.74) is 2.46. The van der Waals surface area contributed by atoms with Gasteiger partial charge in [-0.15, -0.1) is 0 Å². The fourth-order valence-corrected chi connectivity index (χ4v) is 4.35. The van der Waals surface area contributed by atoms with Gasteiger partial charge in [0.2, 0.25) is 0 Å². The molecule has 9 heteroatoms. The topological polar surface area (TPSA) is 121 Å². The van der Waals surface area contributed by atoms with Crippen LogP contribution in [0.25, 0.3) is 22.0 Å². The molecule has 1 aromatic heterocycles. The molecule has 0 saturated carbocycles. The Labute approximate surface area is 205 Å². The summed E-state index contributed by atoms with van der Waals surface area (Å²) in [6.07, 6.45) is 2.25. The van der Waals surface area contributed by atoms with Crippen LogP contribution in [0.4, 0.5) is 4.39 Å². The minimum atomic E-state index is -1.40. The molecule has 0 saturated heterocycles. The van der Waals surface area contributed by atoms with Crippen LogP contribution < -0.4 is 14.8 Å². The minimum absolute atomic E-state index is 0.167. The number of halogens is 1. The Morgan fingerprint density at radius 2 is 1.81 bits per heavy atom. The van der Waals surface area contributed by atoms with Gasteiger partial charge >= 0.3 is 5.97 Å². The molecule has 4 aromatic rings. The molecular weight excluding hydrogens is 467 g/mol. The number of benzene rings is 3. The molecule has 0 radical (unpaired) electrons. The van der Waals surface area contributed by atoms with Crippen molar-refractivity contribution in [3.63, 3.8) is 0 Å². The van der Waals surface area contributed by atoms with Crippen molar-refractivity contribution in [2.75, 3.05) is 19.8 Å². The molecule has 36 heavy (non-hydrogen) atoms. The quantitative estimate of drug-likeness (QED) is 0.313. The van der Waals surface area contributed by atoms with Crippen molar-refractivity contribution in [2.24, 2.45) is 0 Å². The first-order chi connectivity index (χ1) is 17.4. The lowest BCUT2D eigenvalue weighted by Gasteiger charge is -2.23. The van der Waals surface area contributed by atoms with Gasteiger partial charge in [-0.3, -0.25) is 4.79 Å². The van der Waals surface area contributed by atoms with Gasteiger partial charge in [-0.1, -0.05) is 24.3 Å². The fourth-order valence-electron chi connectivity index (χ4n) is 4.35. The van der Waals surface area contributed by atoms with E-state index in [1.165, 1.54) is 12.1 Å². The maximum absolute atomic E-state index is 13.9. The van der Waals surface area contributed by atoms with Crippen LogP contribution in [0.5, 0.6) is 11.5 Å². The largest absolute Gasteiger partial charge is 0.486 e. The predicted molar refractivity (Wildman–Crippen MR) is 130 cm³/mol. The number of nitrogens with one attached hydrogen (secondary N) is 2. The van der Waals surface area contributed by atoms with Gasteiger partial charge in [0.1, 0.15) is 19.0 Å². The second-order valence-corrected chi connectivity index (χ2v) is 8.46. The molecule has 1 amide bonds. The summed E-state index contributed by atoms with van der Waals surface area (Å²) in [7, 11) is 0. The molecule has 1 aliphatic heterocycles. The van der Waals surface area contributed by atoms with Gasteiger partial charge in [0.25, 0.3) is 5.91 Å². The SMILES string of the molecule is O=C(O)c1cc(-c2cc3c(c(C(=O)N[C@@H](CO)Cc4c[nH]c5ccccc45)c2)OCCO3)ccc1F. The number of H-pyrrole nitrogens is 1. The molecule has 2 heterocycles. The van der Waals surface area contributed by atoms with E-state index in [0.29, 0.717) is 23.3 Å². The number of amides is 1. The maximum atomic E-state index is 13.9. The normalized spacial score (nSPS) is 13.4. The van der Waals surface area contributed by atoms with E-state index in [4.69, 9.17) is 9.47 Å². The number of para-hydroxylation sites is 1. The lowest BCUT2D eigenvalue weighted by molar-refractivity contribution is 0.0691. The van der Waals surface area contributed by atoms with E-state index < -0.39 is 29.3 Å². The zero-order valence-electron chi connectivity index (χ0n) is 19.1. The zero-order valence-corrected chi connectivity index (χ0v) is 19.1.